The highest BCUT2D eigenvalue weighted by Crippen LogP contribution is 2.13. The van der Waals surface area contributed by atoms with E-state index >= 15 is 0 Å². The third-order valence-electron chi connectivity index (χ3n) is 4.66. The van der Waals surface area contributed by atoms with Gasteiger partial charge in [-0.3, -0.25) is 4.79 Å². The van der Waals surface area contributed by atoms with Crippen LogP contribution in [0.2, 0.25) is 0 Å². The van der Waals surface area contributed by atoms with E-state index in [2.05, 4.69) is 35.2 Å². The Bertz CT molecular complexity index is 409. The number of aryl methyl sites for hydroxylation is 1. The zero-order valence-corrected chi connectivity index (χ0v) is 13.9. The van der Waals surface area contributed by atoms with Gasteiger partial charge < -0.3 is 4.90 Å². The largest absolute Gasteiger partial charge is 0.343 e. The molecule has 0 N–H and O–H groups in total. The lowest BCUT2D eigenvalue weighted by Gasteiger charge is -2.26. The minimum atomic E-state index is 0.392. The number of hydrogen-bond acceptors (Lipinski definition) is 1. The molecule has 1 amide bonds. The quantitative estimate of drug-likeness (QED) is 0.590. The lowest BCUT2D eigenvalue weighted by atomic mass is 10.0. The molecule has 1 heterocycles. The van der Waals surface area contributed by atoms with Crippen molar-refractivity contribution in [1.29, 1.82) is 0 Å². The second-order valence-electron chi connectivity index (χ2n) is 6.55. The average molecular weight is 301 g/mol. The third-order valence-corrected chi connectivity index (χ3v) is 4.66. The summed E-state index contributed by atoms with van der Waals surface area (Å²) in [7, 11) is 0. The van der Waals surface area contributed by atoms with Crippen LogP contribution in [0, 0.1) is 0 Å². The van der Waals surface area contributed by atoms with Crippen molar-refractivity contribution in [2.45, 2.75) is 70.6 Å². The fourth-order valence-corrected chi connectivity index (χ4v) is 3.26. The van der Waals surface area contributed by atoms with Gasteiger partial charge in [-0.1, -0.05) is 56.0 Å². The van der Waals surface area contributed by atoms with Crippen LogP contribution < -0.4 is 0 Å². The zero-order valence-electron chi connectivity index (χ0n) is 13.9. The van der Waals surface area contributed by atoms with Gasteiger partial charge >= 0.3 is 0 Å². The Morgan fingerprint density at radius 3 is 2.18 bits per heavy atom. The van der Waals surface area contributed by atoms with E-state index in [1.165, 1.54) is 63.4 Å². The molecule has 2 nitrogen and oxygen atoms in total. The standard InChI is InChI=1S/C20H31NO/c22-20(21-17-11-6-12-18-21)16-10-4-2-1-3-7-13-19-14-8-5-9-15-19/h5,8-9,14-15H,1-4,6-7,10-13,16-18H2. The molecule has 1 aromatic carbocycles. The summed E-state index contributed by atoms with van der Waals surface area (Å²) in [4.78, 5) is 14.1. The molecule has 1 saturated heterocycles. The highest BCUT2D eigenvalue weighted by molar-refractivity contribution is 5.76. The summed E-state index contributed by atoms with van der Waals surface area (Å²) in [6.45, 7) is 2.00. The fourth-order valence-electron chi connectivity index (χ4n) is 3.26. The third kappa shape index (κ3) is 6.64. The van der Waals surface area contributed by atoms with Crippen molar-refractivity contribution in [2.24, 2.45) is 0 Å². The van der Waals surface area contributed by atoms with Crippen molar-refractivity contribution in [2.75, 3.05) is 13.1 Å². The van der Waals surface area contributed by atoms with Gasteiger partial charge in [0.1, 0.15) is 0 Å². The van der Waals surface area contributed by atoms with Crippen LogP contribution in [-0.2, 0) is 11.2 Å². The van der Waals surface area contributed by atoms with Crippen molar-refractivity contribution in [3.05, 3.63) is 35.9 Å². The minimum Gasteiger partial charge on any atom is -0.343 e. The van der Waals surface area contributed by atoms with Gasteiger partial charge in [0.05, 0.1) is 0 Å². The van der Waals surface area contributed by atoms with Crippen LogP contribution in [0.3, 0.4) is 0 Å². The van der Waals surface area contributed by atoms with Gasteiger partial charge in [-0.15, -0.1) is 0 Å². The average Bonchev–Trinajstić information content (AvgIpc) is 2.59. The molecule has 1 aromatic rings. The smallest absolute Gasteiger partial charge is 0.222 e. The van der Waals surface area contributed by atoms with Gasteiger partial charge in [-0.05, 0) is 44.1 Å². The second-order valence-corrected chi connectivity index (χ2v) is 6.55. The Labute approximate surface area is 135 Å². The SMILES string of the molecule is O=C(CCCCCCCCc1ccccc1)N1CCCCC1. The van der Waals surface area contributed by atoms with Gasteiger partial charge in [-0.25, -0.2) is 0 Å². The number of hydrogen-bond donors (Lipinski definition) is 0. The molecule has 0 aliphatic carbocycles. The van der Waals surface area contributed by atoms with E-state index in [1.807, 2.05) is 0 Å². The molecule has 0 saturated carbocycles. The van der Waals surface area contributed by atoms with Crippen LogP contribution in [0.1, 0.15) is 69.8 Å². The van der Waals surface area contributed by atoms with Gasteiger partial charge in [0.25, 0.3) is 0 Å². The lowest BCUT2D eigenvalue weighted by molar-refractivity contribution is -0.132. The first-order chi connectivity index (χ1) is 10.9. The first kappa shape index (κ1) is 17.1. The maximum Gasteiger partial charge on any atom is 0.222 e. The Morgan fingerprint density at radius 1 is 0.818 bits per heavy atom. The lowest BCUT2D eigenvalue weighted by Crippen LogP contribution is -2.35. The first-order valence-electron chi connectivity index (χ1n) is 9.18. The molecule has 2 heteroatoms. The summed E-state index contributed by atoms with van der Waals surface area (Å²) < 4.78 is 0. The Balaban J connectivity index is 1.42. The molecule has 0 bridgehead atoms. The van der Waals surface area contributed by atoms with Crippen LogP contribution in [0.5, 0.6) is 0 Å². The normalized spacial score (nSPS) is 15.0. The predicted octanol–water partition coefficient (Wildman–Crippen LogP) is 4.97. The van der Waals surface area contributed by atoms with Crippen molar-refractivity contribution in [1.82, 2.24) is 4.90 Å². The van der Waals surface area contributed by atoms with E-state index in [9.17, 15) is 4.79 Å². The Hall–Kier alpha value is -1.31. The molecule has 1 aliphatic heterocycles. The monoisotopic (exact) mass is 301 g/mol. The number of amides is 1. The summed E-state index contributed by atoms with van der Waals surface area (Å²) in [5.74, 6) is 0.392. The summed E-state index contributed by atoms with van der Waals surface area (Å²) in [5, 5.41) is 0. The van der Waals surface area contributed by atoms with Crippen LogP contribution in [0.4, 0.5) is 0 Å². The Morgan fingerprint density at radius 2 is 1.45 bits per heavy atom. The first-order valence-corrected chi connectivity index (χ1v) is 9.18. The summed E-state index contributed by atoms with van der Waals surface area (Å²) in [5.41, 5.74) is 1.45. The topological polar surface area (TPSA) is 20.3 Å². The molecular weight excluding hydrogens is 270 g/mol. The molecule has 2 rings (SSSR count). The van der Waals surface area contributed by atoms with Gasteiger partial charge in [-0.2, -0.15) is 0 Å². The van der Waals surface area contributed by atoms with Crippen molar-refractivity contribution < 1.29 is 4.79 Å². The van der Waals surface area contributed by atoms with E-state index < -0.39 is 0 Å². The molecule has 1 fully saturated rings. The maximum absolute atomic E-state index is 12.0. The van der Waals surface area contributed by atoms with Crippen LogP contribution in [-0.4, -0.2) is 23.9 Å². The number of rotatable bonds is 9. The number of unbranched alkanes of at least 4 members (excludes halogenated alkanes) is 5. The molecular formula is C20H31NO. The van der Waals surface area contributed by atoms with Crippen LogP contribution in [0.15, 0.2) is 30.3 Å². The molecule has 0 atom stereocenters. The molecule has 0 unspecified atom stereocenters. The summed E-state index contributed by atoms with van der Waals surface area (Å²) in [6, 6.07) is 10.7. The minimum absolute atomic E-state index is 0.392. The van der Waals surface area contributed by atoms with E-state index in [-0.39, 0.29) is 0 Å². The molecule has 0 aromatic heterocycles. The maximum atomic E-state index is 12.0. The molecule has 22 heavy (non-hydrogen) atoms. The van der Waals surface area contributed by atoms with Crippen LogP contribution >= 0.6 is 0 Å². The van der Waals surface area contributed by atoms with Gasteiger partial charge in [0.15, 0.2) is 0 Å². The molecule has 1 aliphatic rings. The van der Waals surface area contributed by atoms with E-state index in [4.69, 9.17) is 0 Å². The van der Waals surface area contributed by atoms with Crippen LogP contribution in [0.25, 0.3) is 0 Å². The van der Waals surface area contributed by atoms with E-state index in [0.29, 0.717) is 5.91 Å². The number of piperidine rings is 1. The van der Waals surface area contributed by atoms with E-state index in [0.717, 1.165) is 25.9 Å². The number of likely N-dealkylation sites (tertiary alicyclic amines) is 1. The molecule has 0 radical (unpaired) electrons. The van der Waals surface area contributed by atoms with Crippen molar-refractivity contribution in [3.63, 3.8) is 0 Å². The number of carbonyl (C=O) groups excluding carboxylic acids is 1. The highest BCUT2D eigenvalue weighted by atomic mass is 16.2. The summed E-state index contributed by atoms with van der Waals surface area (Å²) in [6.07, 6.45) is 13.2. The van der Waals surface area contributed by atoms with Gasteiger partial charge in [0, 0.05) is 19.5 Å². The number of benzene rings is 1. The fraction of sp³-hybridized carbons (Fsp3) is 0.650. The zero-order chi connectivity index (χ0) is 15.5. The Kier molecular flexibility index (Phi) is 8.08. The van der Waals surface area contributed by atoms with Crippen molar-refractivity contribution in [3.8, 4) is 0 Å². The van der Waals surface area contributed by atoms with Crippen molar-refractivity contribution >= 4 is 5.91 Å². The highest BCUT2D eigenvalue weighted by Gasteiger charge is 2.15. The molecule has 122 valence electrons. The summed E-state index contributed by atoms with van der Waals surface area (Å²) >= 11 is 0. The number of nitrogens with zero attached hydrogens (tertiary/aromatic N) is 1. The second kappa shape index (κ2) is 10.4. The molecule has 0 spiro atoms. The van der Waals surface area contributed by atoms with E-state index in [1.54, 1.807) is 0 Å². The number of carbonyl (C=O) groups is 1. The predicted molar refractivity (Wildman–Crippen MR) is 92.9 cm³/mol. The van der Waals surface area contributed by atoms with Gasteiger partial charge in [0.2, 0.25) is 5.91 Å².